The molecule has 1 aromatic carbocycles. The lowest BCUT2D eigenvalue weighted by molar-refractivity contribution is 0.421. The third-order valence-electron chi connectivity index (χ3n) is 4.06. The Kier molecular flexibility index (Phi) is 5.57. The van der Waals surface area contributed by atoms with Crippen molar-refractivity contribution >= 4 is 27.3 Å². The van der Waals surface area contributed by atoms with E-state index < -0.39 is 10.0 Å². The second-order valence-corrected chi connectivity index (χ2v) is 8.20. The lowest BCUT2D eigenvalue weighted by Crippen LogP contribution is -2.37. The molecule has 0 unspecified atom stereocenters. The molecule has 3 rings (SSSR count). The van der Waals surface area contributed by atoms with Gasteiger partial charge in [0, 0.05) is 19.6 Å². The summed E-state index contributed by atoms with van der Waals surface area (Å²) in [6.07, 6.45) is 3.34. The number of nitrogens with zero attached hydrogens (tertiary/aromatic N) is 4. The number of nitrogens with two attached hydrogens (primary N) is 1. The molecule has 0 fully saturated rings. The molecule has 0 radical (unpaired) electrons. The molecule has 3 aromatic rings. The zero-order chi connectivity index (χ0) is 18.7. The van der Waals surface area contributed by atoms with Crippen LogP contribution in [0.2, 0.25) is 5.02 Å². The number of sulfonamides is 1. The fraction of sp³-hybridized carbons (Fsp3) is 0.294. The molecule has 0 aliphatic carbocycles. The van der Waals surface area contributed by atoms with Crippen LogP contribution in [0.3, 0.4) is 0 Å². The minimum atomic E-state index is -3.74. The lowest BCUT2D eigenvalue weighted by atomic mass is 10.1. The van der Waals surface area contributed by atoms with E-state index in [1.54, 1.807) is 6.92 Å². The number of halogens is 1. The van der Waals surface area contributed by atoms with Gasteiger partial charge in [-0.25, -0.2) is 17.9 Å². The topological polar surface area (TPSA) is 93.6 Å². The highest BCUT2D eigenvalue weighted by atomic mass is 35.5. The van der Waals surface area contributed by atoms with Gasteiger partial charge in [0.1, 0.15) is 9.92 Å². The monoisotopic (exact) mass is 393 g/mol. The van der Waals surface area contributed by atoms with E-state index in [9.17, 15) is 8.42 Å². The van der Waals surface area contributed by atoms with Crippen LogP contribution in [0, 0.1) is 6.92 Å². The number of hydrogen-bond donors (Lipinski definition) is 1. The Labute approximate surface area is 157 Å². The molecule has 0 amide bonds. The van der Waals surface area contributed by atoms with E-state index in [0.717, 1.165) is 5.56 Å². The second kappa shape index (κ2) is 7.71. The summed E-state index contributed by atoms with van der Waals surface area (Å²) in [5.41, 5.74) is 7.72. The van der Waals surface area contributed by atoms with Gasteiger partial charge in [0.05, 0.1) is 18.1 Å². The first kappa shape index (κ1) is 18.8. The number of rotatable bonds is 7. The third kappa shape index (κ3) is 3.73. The number of hydrogen-bond acceptors (Lipinski definition) is 5. The molecule has 2 heterocycles. The molecule has 9 heteroatoms. The Morgan fingerprint density at radius 3 is 2.65 bits per heavy atom. The van der Waals surface area contributed by atoms with E-state index in [4.69, 9.17) is 17.3 Å². The van der Waals surface area contributed by atoms with Crippen molar-refractivity contribution in [3.05, 3.63) is 59.0 Å². The Morgan fingerprint density at radius 1 is 1.23 bits per heavy atom. The summed E-state index contributed by atoms with van der Waals surface area (Å²) in [4.78, 5) is 4.22. The number of fused-ring (bicyclic) bond motifs is 1. The van der Waals surface area contributed by atoms with Crippen molar-refractivity contribution in [2.24, 2.45) is 5.73 Å². The van der Waals surface area contributed by atoms with Crippen molar-refractivity contribution in [3.8, 4) is 0 Å². The highest BCUT2D eigenvalue weighted by Gasteiger charge is 2.25. The molecular weight excluding hydrogens is 374 g/mol. The predicted molar refractivity (Wildman–Crippen MR) is 101 cm³/mol. The van der Waals surface area contributed by atoms with Gasteiger partial charge in [-0.15, -0.1) is 0 Å². The van der Waals surface area contributed by atoms with E-state index in [2.05, 4.69) is 10.1 Å². The Bertz CT molecular complexity index is 1000. The Hall–Kier alpha value is -2.00. The van der Waals surface area contributed by atoms with Gasteiger partial charge in [-0.1, -0.05) is 41.9 Å². The summed E-state index contributed by atoms with van der Waals surface area (Å²) < 4.78 is 28.8. The van der Waals surface area contributed by atoms with E-state index in [1.165, 1.54) is 21.2 Å². The molecule has 0 atom stereocenters. The molecule has 138 valence electrons. The van der Waals surface area contributed by atoms with Crippen LogP contribution in [0.15, 0.2) is 47.6 Å². The first-order valence-electron chi connectivity index (χ1n) is 8.18. The molecule has 26 heavy (non-hydrogen) atoms. The summed E-state index contributed by atoms with van der Waals surface area (Å²) in [6.45, 7) is 2.54. The zero-order valence-corrected chi connectivity index (χ0v) is 15.9. The highest BCUT2D eigenvalue weighted by Crippen LogP contribution is 2.22. The van der Waals surface area contributed by atoms with Gasteiger partial charge in [0.25, 0.3) is 0 Å². The average molecular weight is 394 g/mol. The minimum absolute atomic E-state index is 0.0608. The van der Waals surface area contributed by atoms with E-state index in [-0.39, 0.29) is 18.0 Å². The maximum atomic E-state index is 13.0. The molecule has 0 saturated carbocycles. The van der Waals surface area contributed by atoms with Crippen molar-refractivity contribution in [2.45, 2.75) is 18.2 Å². The largest absolute Gasteiger partial charge is 0.329 e. The summed E-state index contributed by atoms with van der Waals surface area (Å²) in [7, 11) is -3.74. The van der Waals surface area contributed by atoms with Gasteiger partial charge < -0.3 is 5.73 Å². The molecule has 2 N–H and O–H groups in total. The molecule has 2 aromatic heterocycles. The van der Waals surface area contributed by atoms with Crippen LogP contribution >= 0.6 is 11.6 Å². The Morgan fingerprint density at radius 2 is 1.96 bits per heavy atom. The molecule has 0 spiro atoms. The summed E-state index contributed by atoms with van der Waals surface area (Å²) in [5, 5.41) is 4.61. The fourth-order valence-electron chi connectivity index (χ4n) is 2.68. The van der Waals surface area contributed by atoms with Crippen molar-refractivity contribution in [1.82, 2.24) is 18.9 Å². The Balaban J connectivity index is 1.89. The standard InChI is InChI=1S/C17H20ClN5O2S/c1-13-16(18)17-20-11-15(12-23(17)21-13)26(24,25)22(10-8-19)9-7-14-5-3-2-4-6-14/h2-6,11-12H,7-10,19H2,1H3. The third-order valence-corrected chi connectivity index (χ3v) is 6.36. The van der Waals surface area contributed by atoms with Crippen LogP contribution in [-0.2, 0) is 16.4 Å². The van der Waals surface area contributed by atoms with Crippen LogP contribution in [0.25, 0.3) is 5.65 Å². The summed E-state index contributed by atoms with van der Waals surface area (Å²) >= 11 is 6.12. The van der Waals surface area contributed by atoms with Crippen LogP contribution in [0.5, 0.6) is 0 Å². The van der Waals surface area contributed by atoms with Crippen LogP contribution in [0.4, 0.5) is 0 Å². The van der Waals surface area contributed by atoms with Gasteiger partial charge in [0.15, 0.2) is 5.65 Å². The number of benzene rings is 1. The normalized spacial score (nSPS) is 12.2. The molecule has 0 aliphatic heterocycles. The molecule has 0 bridgehead atoms. The fourth-order valence-corrected chi connectivity index (χ4v) is 4.24. The smallest absolute Gasteiger partial charge is 0.246 e. The minimum Gasteiger partial charge on any atom is -0.329 e. The number of aryl methyl sites for hydroxylation is 1. The summed E-state index contributed by atoms with van der Waals surface area (Å²) in [6, 6.07) is 9.72. The van der Waals surface area contributed by atoms with Crippen LogP contribution < -0.4 is 5.73 Å². The lowest BCUT2D eigenvalue weighted by Gasteiger charge is -2.21. The average Bonchev–Trinajstić information content (AvgIpc) is 2.93. The molecule has 0 saturated heterocycles. The van der Waals surface area contributed by atoms with Crippen molar-refractivity contribution in [2.75, 3.05) is 19.6 Å². The van der Waals surface area contributed by atoms with E-state index in [1.807, 2.05) is 30.3 Å². The van der Waals surface area contributed by atoms with Gasteiger partial charge in [0.2, 0.25) is 10.0 Å². The zero-order valence-electron chi connectivity index (χ0n) is 14.3. The maximum absolute atomic E-state index is 13.0. The second-order valence-electron chi connectivity index (χ2n) is 5.89. The first-order chi connectivity index (χ1) is 12.4. The maximum Gasteiger partial charge on any atom is 0.246 e. The van der Waals surface area contributed by atoms with Gasteiger partial charge in [-0.3, -0.25) is 0 Å². The SMILES string of the molecule is Cc1nn2cc(S(=O)(=O)N(CCN)CCc3ccccc3)cnc2c1Cl. The molecular formula is C17H20ClN5O2S. The van der Waals surface area contributed by atoms with E-state index in [0.29, 0.717) is 29.3 Å². The molecule has 7 nitrogen and oxygen atoms in total. The van der Waals surface area contributed by atoms with Crippen LogP contribution in [-0.4, -0.2) is 47.0 Å². The van der Waals surface area contributed by atoms with Gasteiger partial charge in [-0.2, -0.15) is 9.40 Å². The van der Waals surface area contributed by atoms with Crippen molar-refractivity contribution in [3.63, 3.8) is 0 Å². The predicted octanol–water partition coefficient (Wildman–Crippen LogP) is 1.88. The molecule has 0 aliphatic rings. The van der Waals surface area contributed by atoms with Gasteiger partial charge >= 0.3 is 0 Å². The first-order valence-corrected chi connectivity index (χ1v) is 10.00. The van der Waals surface area contributed by atoms with E-state index >= 15 is 0 Å². The van der Waals surface area contributed by atoms with Crippen molar-refractivity contribution in [1.29, 1.82) is 0 Å². The van der Waals surface area contributed by atoms with Crippen LogP contribution in [0.1, 0.15) is 11.3 Å². The highest BCUT2D eigenvalue weighted by molar-refractivity contribution is 7.89. The summed E-state index contributed by atoms with van der Waals surface area (Å²) in [5.74, 6) is 0. The quantitative estimate of drug-likeness (QED) is 0.661. The van der Waals surface area contributed by atoms with Crippen molar-refractivity contribution < 1.29 is 8.42 Å². The number of aromatic nitrogens is 3. The van der Waals surface area contributed by atoms with Gasteiger partial charge in [-0.05, 0) is 18.9 Å².